The van der Waals surface area contributed by atoms with Gasteiger partial charge in [-0.3, -0.25) is 23.7 Å². The molecule has 0 aliphatic carbocycles. The number of nitrogens with zero attached hydrogens (tertiary/aromatic N) is 1. The van der Waals surface area contributed by atoms with Crippen molar-refractivity contribution in [3.8, 4) is 5.75 Å². The number of hydrogen-bond acceptors (Lipinski definition) is 10. The van der Waals surface area contributed by atoms with Gasteiger partial charge >= 0.3 is 19.4 Å². The van der Waals surface area contributed by atoms with Gasteiger partial charge in [-0.25, -0.2) is 14.4 Å². The number of ether oxygens (including phenoxy) is 4. The molecule has 1 aromatic carbocycles. The third-order valence-electron chi connectivity index (χ3n) is 5.80. The number of rotatable bonds is 15. The normalized spacial score (nSPS) is 21.2. The van der Waals surface area contributed by atoms with Crippen molar-refractivity contribution in [3.63, 3.8) is 0 Å². The predicted octanol–water partition coefficient (Wildman–Crippen LogP) is 2.87. The smallest absolute Gasteiger partial charge is 0.459 e. The van der Waals surface area contributed by atoms with Gasteiger partial charge in [0.15, 0.2) is 6.29 Å². The van der Waals surface area contributed by atoms with Gasteiger partial charge in [0, 0.05) is 26.1 Å². The lowest BCUT2D eigenvalue weighted by atomic mass is 10.2. The van der Waals surface area contributed by atoms with Crippen LogP contribution in [0, 0.1) is 5.82 Å². The van der Waals surface area contributed by atoms with Crippen LogP contribution in [0.3, 0.4) is 0 Å². The van der Waals surface area contributed by atoms with Crippen molar-refractivity contribution in [1.82, 2.24) is 14.6 Å². The Balaban J connectivity index is 1.84. The van der Waals surface area contributed by atoms with Gasteiger partial charge in [-0.05, 0) is 32.9 Å². The Kier molecular flexibility index (Phi) is 11.6. The molecule has 2 heterocycles. The van der Waals surface area contributed by atoms with Crippen LogP contribution in [0.2, 0.25) is 0 Å². The Morgan fingerprint density at radius 1 is 1.20 bits per heavy atom. The lowest BCUT2D eigenvalue weighted by molar-refractivity contribution is -0.152. The van der Waals surface area contributed by atoms with Crippen LogP contribution in [-0.2, 0) is 32.8 Å². The number of para-hydroxylation sites is 1. The van der Waals surface area contributed by atoms with Gasteiger partial charge in [0.05, 0.1) is 18.8 Å². The second-order valence-electron chi connectivity index (χ2n) is 8.78. The zero-order chi connectivity index (χ0) is 29.3. The van der Waals surface area contributed by atoms with Crippen LogP contribution < -0.4 is 20.9 Å². The van der Waals surface area contributed by atoms with Crippen LogP contribution in [0.5, 0.6) is 5.75 Å². The molecule has 15 heteroatoms. The first kappa shape index (κ1) is 31.7. The highest BCUT2D eigenvalue weighted by Gasteiger charge is 2.42. The van der Waals surface area contributed by atoms with E-state index in [-0.39, 0.29) is 18.6 Å². The third kappa shape index (κ3) is 8.56. The quantitative estimate of drug-likeness (QED) is 0.179. The molecule has 2 aromatic rings. The summed E-state index contributed by atoms with van der Waals surface area (Å²) >= 11 is 0. The minimum absolute atomic E-state index is 0.0599. The zero-order valence-corrected chi connectivity index (χ0v) is 23.6. The average Bonchev–Trinajstić information content (AvgIpc) is 3.32. The number of hydrogen-bond donors (Lipinski definition) is 2. The molecular formula is C25H35FN3O10P. The fraction of sp³-hybridized carbons (Fsp3) is 0.560. The van der Waals surface area contributed by atoms with Crippen molar-refractivity contribution >= 4 is 13.7 Å². The van der Waals surface area contributed by atoms with Crippen LogP contribution in [0.1, 0.15) is 46.8 Å². The lowest BCUT2D eigenvalue weighted by Crippen LogP contribution is -2.41. The molecule has 1 aliphatic heterocycles. The van der Waals surface area contributed by atoms with Crippen molar-refractivity contribution < 1.29 is 41.7 Å². The molecule has 0 saturated carbocycles. The minimum Gasteiger partial charge on any atom is -0.459 e. The Hall–Kier alpha value is -2.87. The molecule has 0 bridgehead atoms. The standard InChI is InChI=1S/C25H35FN3O10P/c1-5-22(30)38-19-13-21(29-14-18(26)23(31)27-25(29)32)37-20(19)15-36-40(33,39-17-11-9-8-10-12-17)28-16(4)24(34-6-2)35-7-3/h8-12,14,16,19-21,24H,5-7,13,15H2,1-4H3,(H,28,33)(H,27,31,32)/t16?,19-,20+,21+,40?/m0/s1. The van der Waals surface area contributed by atoms with Crippen molar-refractivity contribution in [2.45, 2.75) is 71.3 Å². The highest BCUT2D eigenvalue weighted by molar-refractivity contribution is 7.52. The maximum Gasteiger partial charge on any atom is 0.459 e. The summed E-state index contributed by atoms with van der Waals surface area (Å²) in [5, 5.41) is 2.82. The van der Waals surface area contributed by atoms with Crippen LogP contribution >= 0.6 is 7.75 Å². The van der Waals surface area contributed by atoms with Crippen molar-refractivity contribution in [2.75, 3.05) is 19.8 Å². The third-order valence-corrected chi connectivity index (χ3v) is 7.46. The molecule has 3 rings (SSSR count). The number of carbonyl (C=O) groups excluding carboxylic acids is 1. The molecule has 5 atom stereocenters. The topological polar surface area (TPSA) is 156 Å². The van der Waals surface area contributed by atoms with E-state index in [0.717, 1.165) is 4.57 Å². The molecule has 1 aromatic heterocycles. The number of benzene rings is 1. The first-order chi connectivity index (χ1) is 19.1. The van der Waals surface area contributed by atoms with E-state index in [0.29, 0.717) is 19.4 Å². The summed E-state index contributed by atoms with van der Waals surface area (Å²) in [4.78, 5) is 37.7. The van der Waals surface area contributed by atoms with E-state index in [9.17, 15) is 23.3 Å². The van der Waals surface area contributed by atoms with Crippen LogP contribution in [0.4, 0.5) is 4.39 Å². The summed E-state index contributed by atoms with van der Waals surface area (Å²) in [5.41, 5.74) is -2.09. The SMILES string of the molecule is CCOC(OCC)C(C)NP(=O)(OC[C@H]1O[C@@H](n2cc(F)c(=O)[nH]c2=O)C[C@@H]1OC(=O)CC)Oc1ccccc1. The first-order valence-corrected chi connectivity index (χ1v) is 14.5. The van der Waals surface area contributed by atoms with Gasteiger partial charge in [-0.1, -0.05) is 25.1 Å². The highest BCUT2D eigenvalue weighted by atomic mass is 31.2. The first-order valence-electron chi connectivity index (χ1n) is 12.9. The van der Waals surface area contributed by atoms with Gasteiger partial charge in [0.1, 0.15) is 24.2 Å². The summed E-state index contributed by atoms with van der Waals surface area (Å²) in [5.74, 6) is -1.49. The van der Waals surface area contributed by atoms with Crippen molar-refractivity contribution in [2.24, 2.45) is 0 Å². The summed E-state index contributed by atoms with van der Waals surface area (Å²) in [6.07, 6.45) is -3.13. The Bertz CT molecular complexity index is 1270. The van der Waals surface area contributed by atoms with E-state index in [4.69, 9.17) is 28.0 Å². The highest BCUT2D eigenvalue weighted by Crippen LogP contribution is 2.46. The zero-order valence-electron chi connectivity index (χ0n) is 22.7. The van der Waals surface area contributed by atoms with Crippen molar-refractivity contribution in [1.29, 1.82) is 0 Å². The largest absolute Gasteiger partial charge is 0.459 e. The second kappa shape index (κ2) is 14.7. The summed E-state index contributed by atoms with van der Waals surface area (Å²) in [6, 6.07) is 7.68. The van der Waals surface area contributed by atoms with Crippen molar-refractivity contribution in [3.05, 3.63) is 63.2 Å². The van der Waals surface area contributed by atoms with Gasteiger partial charge in [-0.15, -0.1) is 0 Å². The van der Waals surface area contributed by atoms with Crippen LogP contribution in [0.25, 0.3) is 0 Å². The number of carbonyl (C=O) groups is 1. The molecule has 0 spiro atoms. The molecule has 1 saturated heterocycles. The van der Waals surface area contributed by atoms with Crippen LogP contribution in [-0.4, -0.2) is 59.9 Å². The molecule has 222 valence electrons. The number of nitrogens with one attached hydrogen (secondary N) is 2. The maximum absolute atomic E-state index is 14.0. The molecule has 1 aliphatic rings. The Labute approximate surface area is 230 Å². The molecule has 13 nitrogen and oxygen atoms in total. The van der Waals surface area contributed by atoms with Gasteiger partial charge < -0.3 is 23.5 Å². The molecule has 2 unspecified atom stereocenters. The molecule has 2 N–H and O–H groups in total. The Morgan fingerprint density at radius 2 is 1.88 bits per heavy atom. The number of aromatic nitrogens is 2. The summed E-state index contributed by atoms with van der Waals surface area (Å²) < 4.78 is 62.8. The van der Waals surface area contributed by atoms with Gasteiger partial charge in [0.25, 0.3) is 5.56 Å². The molecule has 0 amide bonds. The monoisotopic (exact) mass is 587 g/mol. The van der Waals surface area contributed by atoms with Gasteiger partial charge in [-0.2, -0.15) is 4.39 Å². The van der Waals surface area contributed by atoms with E-state index < -0.39 is 68.2 Å². The number of aromatic amines is 1. The summed E-state index contributed by atoms with van der Waals surface area (Å²) in [6.45, 7) is 7.15. The van der Waals surface area contributed by atoms with E-state index in [1.165, 1.54) is 0 Å². The van der Waals surface area contributed by atoms with Crippen LogP contribution in [0.15, 0.2) is 46.1 Å². The summed E-state index contributed by atoms with van der Waals surface area (Å²) in [7, 11) is -4.14. The van der Waals surface area contributed by atoms with Gasteiger partial charge in [0.2, 0.25) is 5.82 Å². The fourth-order valence-corrected chi connectivity index (χ4v) is 5.47. The molecule has 0 radical (unpaired) electrons. The number of halogens is 1. The van der Waals surface area contributed by atoms with E-state index >= 15 is 0 Å². The lowest BCUT2D eigenvalue weighted by Gasteiger charge is -2.29. The van der Waals surface area contributed by atoms with E-state index in [2.05, 4.69) is 5.09 Å². The second-order valence-corrected chi connectivity index (χ2v) is 10.5. The molecule has 1 fully saturated rings. The minimum atomic E-state index is -4.14. The Morgan fingerprint density at radius 3 is 2.50 bits per heavy atom. The number of esters is 1. The molecular weight excluding hydrogens is 552 g/mol. The molecule has 40 heavy (non-hydrogen) atoms. The van der Waals surface area contributed by atoms with E-state index in [1.807, 2.05) is 4.98 Å². The number of H-pyrrole nitrogens is 1. The van der Waals surface area contributed by atoms with E-state index in [1.54, 1.807) is 58.0 Å². The average molecular weight is 588 g/mol. The predicted molar refractivity (Wildman–Crippen MR) is 140 cm³/mol. The fourth-order valence-electron chi connectivity index (χ4n) is 3.93. The maximum atomic E-state index is 14.0.